The zero-order chi connectivity index (χ0) is 25.0. The van der Waals surface area contributed by atoms with Crippen molar-refractivity contribution in [1.29, 1.82) is 0 Å². The smallest absolute Gasteiger partial charge is 0.228 e. The number of thiazole rings is 1. The van der Waals surface area contributed by atoms with E-state index in [0.717, 1.165) is 70.1 Å². The molecule has 0 aromatic carbocycles. The van der Waals surface area contributed by atoms with Gasteiger partial charge in [0.15, 0.2) is 16.6 Å². The van der Waals surface area contributed by atoms with E-state index in [2.05, 4.69) is 31.2 Å². The standard InChI is InChI=1S/C27H33N7O2S/c1-19-21(9-8-10-28-19)26-30-20(17-36-26)16-35-18-29-22-15-23-24(31-25(22)33-11-4-2-5-12-33)32-27(37-23)34-13-6-3-7-14-34/h8-10,15,17,29H,2-7,11-14,16,18H2,1H3. The van der Waals surface area contributed by atoms with Gasteiger partial charge < -0.3 is 24.3 Å². The number of ether oxygens (including phenoxy) is 1. The molecular formula is C27H33N7O2S. The Kier molecular flexibility index (Phi) is 7.18. The van der Waals surface area contributed by atoms with Gasteiger partial charge in [0.05, 0.1) is 22.6 Å². The number of anilines is 3. The largest absolute Gasteiger partial charge is 0.444 e. The van der Waals surface area contributed by atoms with Gasteiger partial charge in [0.1, 0.15) is 18.7 Å². The predicted octanol–water partition coefficient (Wildman–Crippen LogP) is 5.62. The highest BCUT2D eigenvalue weighted by molar-refractivity contribution is 7.22. The third-order valence-electron chi connectivity index (χ3n) is 7.04. The zero-order valence-corrected chi connectivity index (χ0v) is 22.1. The van der Waals surface area contributed by atoms with E-state index >= 15 is 0 Å². The lowest BCUT2D eigenvalue weighted by Crippen LogP contribution is -2.31. The molecule has 10 heteroatoms. The number of aromatic nitrogens is 4. The van der Waals surface area contributed by atoms with E-state index in [1.54, 1.807) is 23.8 Å². The van der Waals surface area contributed by atoms with Crippen molar-refractivity contribution in [2.45, 2.75) is 52.1 Å². The van der Waals surface area contributed by atoms with E-state index in [0.29, 0.717) is 19.2 Å². The highest BCUT2D eigenvalue weighted by atomic mass is 32.1. The SMILES string of the molecule is Cc1ncccc1-c1nc(COCNc2cc3sc(N4CCCCC4)nc3nc2N2CCCCC2)co1. The first-order valence-electron chi connectivity index (χ1n) is 13.2. The summed E-state index contributed by atoms with van der Waals surface area (Å²) in [5, 5.41) is 4.57. The topological polar surface area (TPSA) is 92.4 Å². The minimum atomic E-state index is 0.347. The van der Waals surface area contributed by atoms with E-state index in [1.165, 1.54) is 38.5 Å². The first kappa shape index (κ1) is 24.1. The van der Waals surface area contributed by atoms with Gasteiger partial charge in [-0.3, -0.25) is 4.98 Å². The van der Waals surface area contributed by atoms with Crippen LogP contribution in [0.5, 0.6) is 0 Å². The number of oxazole rings is 1. The maximum Gasteiger partial charge on any atom is 0.228 e. The molecule has 6 rings (SSSR count). The minimum absolute atomic E-state index is 0.347. The van der Waals surface area contributed by atoms with E-state index in [9.17, 15) is 0 Å². The van der Waals surface area contributed by atoms with Crippen molar-refractivity contribution in [3.8, 4) is 11.5 Å². The molecule has 0 radical (unpaired) electrons. The second-order valence-corrected chi connectivity index (χ2v) is 10.7. The molecule has 2 aliphatic rings. The molecule has 0 saturated carbocycles. The molecule has 1 N–H and O–H groups in total. The highest BCUT2D eigenvalue weighted by Crippen LogP contribution is 2.36. The summed E-state index contributed by atoms with van der Waals surface area (Å²) in [6.07, 6.45) is 10.9. The van der Waals surface area contributed by atoms with Gasteiger partial charge in [-0.15, -0.1) is 0 Å². The van der Waals surface area contributed by atoms with Crippen LogP contribution in [0.1, 0.15) is 49.9 Å². The molecule has 194 valence electrons. The van der Waals surface area contributed by atoms with Gasteiger partial charge in [0.25, 0.3) is 0 Å². The minimum Gasteiger partial charge on any atom is -0.444 e. The van der Waals surface area contributed by atoms with E-state index in [-0.39, 0.29) is 0 Å². The average Bonchev–Trinajstić information content (AvgIpc) is 3.59. The lowest BCUT2D eigenvalue weighted by atomic mass is 10.1. The van der Waals surface area contributed by atoms with Crippen molar-refractivity contribution < 1.29 is 9.15 Å². The number of nitrogens with zero attached hydrogens (tertiary/aromatic N) is 6. The number of pyridine rings is 2. The molecule has 0 amide bonds. The maximum absolute atomic E-state index is 5.94. The monoisotopic (exact) mass is 519 g/mol. The summed E-state index contributed by atoms with van der Waals surface area (Å²) in [7, 11) is 0. The number of hydrogen-bond acceptors (Lipinski definition) is 10. The Morgan fingerprint density at radius 2 is 1.78 bits per heavy atom. The number of hydrogen-bond donors (Lipinski definition) is 1. The molecule has 0 spiro atoms. The second-order valence-electron chi connectivity index (χ2n) is 9.72. The number of rotatable bonds is 8. The molecule has 0 aliphatic carbocycles. The van der Waals surface area contributed by atoms with Gasteiger partial charge in [-0.2, -0.15) is 4.98 Å². The van der Waals surface area contributed by atoms with Crippen LogP contribution < -0.4 is 15.1 Å². The van der Waals surface area contributed by atoms with Gasteiger partial charge in [-0.1, -0.05) is 11.3 Å². The first-order valence-corrected chi connectivity index (χ1v) is 14.1. The Bertz CT molecular complexity index is 1340. The molecule has 4 aromatic rings. The summed E-state index contributed by atoms with van der Waals surface area (Å²) in [5.74, 6) is 1.54. The summed E-state index contributed by atoms with van der Waals surface area (Å²) in [4.78, 5) is 23.6. The van der Waals surface area contributed by atoms with Crippen LogP contribution in [-0.2, 0) is 11.3 Å². The zero-order valence-electron chi connectivity index (χ0n) is 21.3. The van der Waals surface area contributed by atoms with Crippen LogP contribution in [0.15, 0.2) is 35.1 Å². The highest BCUT2D eigenvalue weighted by Gasteiger charge is 2.21. The summed E-state index contributed by atoms with van der Waals surface area (Å²) in [6, 6.07) is 6.04. The summed E-state index contributed by atoms with van der Waals surface area (Å²) < 4.78 is 12.7. The molecule has 0 unspecified atom stereocenters. The average molecular weight is 520 g/mol. The summed E-state index contributed by atoms with van der Waals surface area (Å²) >= 11 is 1.74. The fraction of sp³-hybridized carbons (Fsp3) is 0.481. The van der Waals surface area contributed by atoms with Crippen LogP contribution in [0.25, 0.3) is 21.8 Å². The van der Waals surface area contributed by atoms with Crippen LogP contribution in [0.2, 0.25) is 0 Å². The molecular weight excluding hydrogens is 486 g/mol. The first-order chi connectivity index (χ1) is 18.2. The van der Waals surface area contributed by atoms with Gasteiger partial charge in [-0.05, 0) is 63.6 Å². The quantitative estimate of drug-likeness (QED) is 0.235. The van der Waals surface area contributed by atoms with Crippen LogP contribution in [-0.4, -0.2) is 52.8 Å². The molecule has 0 bridgehead atoms. The van der Waals surface area contributed by atoms with Crippen molar-refractivity contribution in [1.82, 2.24) is 19.9 Å². The van der Waals surface area contributed by atoms with E-state index in [1.807, 2.05) is 19.1 Å². The lowest BCUT2D eigenvalue weighted by Gasteiger charge is -2.29. The molecule has 4 aromatic heterocycles. The number of nitrogens with one attached hydrogen (secondary N) is 1. The Balaban J connectivity index is 1.16. The van der Waals surface area contributed by atoms with Crippen LogP contribution in [0.4, 0.5) is 16.6 Å². The molecule has 2 fully saturated rings. The number of piperidine rings is 2. The van der Waals surface area contributed by atoms with E-state index < -0.39 is 0 Å². The van der Waals surface area contributed by atoms with Crippen LogP contribution >= 0.6 is 11.3 Å². The van der Waals surface area contributed by atoms with Crippen molar-refractivity contribution in [2.24, 2.45) is 0 Å². The second kappa shape index (κ2) is 11.0. The Morgan fingerprint density at radius 3 is 2.57 bits per heavy atom. The third kappa shape index (κ3) is 5.40. The van der Waals surface area contributed by atoms with Gasteiger partial charge in [0.2, 0.25) is 5.89 Å². The number of fused-ring (bicyclic) bond motifs is 1. The van der Waals surface area contributed by atoms with Crippen LogP contribution in [0, 0.1) is 6.92 Å². The van der Waals surface area contributed by atoms with Crippen LogP contribution in [0.3, 0.4) is 0 Å². The Labute approximate surface area is 220 Å². The number of aryl methyl sites for hydroxylation is 1. The Morgan fingerprint density at radius 1 is 1.00 bits per heavy atom. The van der Waals surface area contributed by atoms with Crippen molar-refractivity contribution in [2.75, 3.05) is 48.0 Å². The van der Waals surface area contributed by atoms with Crippen molar-refractivity contribution in [3.05, 3.63) is 42.0 Å². The molecule has 37 heavy (non-hydrogen) atoms. The molecule has 6 heterocycles. The van der Waals surface area contributed by atoms with Crippen molar-refractivity contribution in [3.63, 3.8) is 0 Å². The van der Waals surface area contributed by atoms with Gasteiger partial charge >= 0.3 is 0 Å². The molecule has 2 saturated heterocycles. The molecule has 2 aliphatic heterocycles. The van der Waals surface area contributed by atoms with E-state index in [4.69, 9.17) is 19.1 Å². The van der Waals surface area contributed by atoms with Crippen molar-refractivity contribution >= 4 is 38.3 Å². The van der Waals surface area contributed by atoms with Gasteiger partial charge in [-0.25, -0.2) is 9.97 Å². The molecule has 0 atom stereocenters. The summed E-state index contributed by atoms with van der Waals surface area (Å²) in [6.45, 7) is 6.86. The maximum atomic E-state index is 5.94. The fourth-order valence-corrected chi connectivity index (χ4v) is 6.03. The normalized spacial score (nSPS) is 16.5. The third-order valence-corrected chi connectivity index (χ3v) is 8.09. The predicted molar refractivity (Wildman–Crippen MR) is 147 cm³/mol. The Hall–Kier alpha value is -3.24. The molecule has 9 nitrogen and oxygen atoms in total. The lowest BCUT2D eigenvalue weighted by molar-refractivity contribution is 0.136. The summed E-state index contributed by atoms with van der Waals surface area (Å²) in [5.41, 5.74) is 4.37. The van der Waals surface area contributed by atoms with Gasteiger partial charge in [0, 0.05) is 38.1 Å². The fourth-order valence-electron chi connectivity index (χ4n) is 5.03.